The number of ether oxygens (including phenoxy) is 1. The van der Waals surface area contributed by atoms with Crippen molar-refractivity contribution < 1.29 is 9.53 Å². The second-order valence-corrected chi connectivity index (χ2v) is 5.86. The fourth-order valence-electron chi connectivity index (χ4n) is 1.78. The first-order valence-corrected chi connectivity index (χ1v) is 6.79. The molecule has 21 heavy (non-hydrogen) atoms. The zero-order chi connectivity index (χ0) is 15.5. The molecule has 0 spiro atoms. The highest BCUT2D eigenvalue weighted by atomic mass is 16.5. The summed E-state index contributed by atoms with van der Waals surface area (Å²) in [7, 11) is 0. The summed E-state index contributed by atoms with van der Waals surface area (Å²) < 4.78 is 5.62. The average molecular weight is 288 g/mol. The zero-order valence-electron chi connectivity index (χ0n) is 12.7. The van der Waals surface area contributed by atoms with E-state index in [9.17, 15) is 4.79 Å². The fraction of sp³-hybridized carbons (Fsp3) is 0.400. The quantitative estimate of drug-likeness (QED) is 0.906. The SMILES string of the molecule is C[C@H](Oc1ccc(C(C)(C)C)cc1)C(=O)Nc1ncn[nH]1. The van der Waals surface area contributed by atoms with Crippen molar-refractivity contribution in [1.82, 2.24) is 15.2 Å². The van der Waals surface area contributed by atoms with E-state index >= 15 is 0 Å². The smallest absolute Gasteiger partial charge is 0.267 e. The summed E-state index contributed by atoms with van der Waals surface area (Å²) >= 11 is 0. The molecule has 112 valence electrons. The molecule has 0 aliphatic carbocycles. The van der Waals surface area contributed by atoms with Gasteiger partial charge >= 0.3 is 0 Å². The zero-order valence-corrected chi connectivity index (χ0v) is 12.7. The van der Waals surface area contributed by atoms with Crippen LogP contribution in [0.1, 0.15) is 33.3 Å². The Hall–Kier alpha value is -2.37. The summed E-state index contributed by atoms with van der Waals surface area (Å²) in [6, 6.07) is 7.77. The summed E-state index contributed by atoms with van der Waals surface area (Å²) in [5.41, 5.74) is 1.31. The summed E-state index contributed by atoms with van der Waals surface area (Å²) in [6.45, 7) is 8.13. The van der Waals surface area contributed by atoms with Gasteiger partial charge in [-0.25, -0.2) is 5.10 Å². The van der Waals surface area contributed by atoms with Gasteiger partial charge in [-0.05, 0) is 30.0 Å². The normalized spacial score (nSPS) is 12.8. The first kappa shape index (κ1) is 15.0. The van der Waals surface area contributed by atoms with E-state index in [1.807, 2.05) is 24.3 Å². The van der Waals surface area contributed by atoms with Crippen LogP contribution in [0.4, 0.5) is 5.95 Å². The van der Waals surface area contributed by atoms with Crippen molar-refractivity contribution in [1.29, 1.82) is 0 Å². The molecule has 6 nitrogen and oxygen atoms in total. The molecule has 1 atom stereocenters. The Bertz CT molecular complexity index is 585. The van der Waals surface area contributed by atoms with E-state index in [1.165, 1.54) is 11.9 Å². The van der Waals surface area contributed by atoms with Gasteiger partial charge in [0.2, 0.25) is 5.95 Å². The van der Waals surface area contributed by atoms with Crippen LogP contribution in [0, 0.1) is 0 Å². The van der Waals surface area contributed by atoms with Crippen LogP contribution in [0.2, 0.25) is 0 Å². The molecule has 0 unspecified atom stereocenters. The van der Waals surface area contributed by atoms with E-state index in [1.54, 1.807) is 6.92 Å². The van der Waals surface area contributed by atoms with Gasteiger partial charge < -0.3 is 4.74 Å². The van der Waals surface area contributed by atoms with Gasteiger partial charge in [0.05, 0.1) is 0 Å². The number of amides is 1. The highest BCUT2D eigenvalue weighted by Gasteiger charge is 2.17. The topological polar surface area (TPSA) is 79.9 Å². The average Bonchev–Trinajstić information content (AvgIpc) is 2.91. The molecular formula is C15H20N4O2. The molecule has 0 aliphatic rings. The van der Waals surface area contributed by atoms with Crippen molar-refractivity contribution >= 4 is 11.9 Å². The third-order valence-corrected chi connectivity index (χ3v) is 3.06. The number of aromatic amines is 1. The van der Waals surface area contributed by atoms with E-state index < -0.39 is 6.10 Å². The Labute approximate surface area is 123 Å². The third kappa shape index (κ3) is 4.05. The molecule has 1 amide bonds. The molecule has 0 fully saturated rings. The van der Waals surface area contributed by atoms with Crippen LogP contribution < -0.4 is 10.1 Å². The van der Waals surface area contributed by atoms with Gasteiger partial charge in [0.1, 0.15) is 12.1 Å². The molecule has 1 aromatic heterocycles. The Morgan fingerprint density at radius 3 is 2.48 bits per heavy atom. The molecule has 0 aliphatic heterocycles. The van der Waals surface area contributed by atoms with Crippen molar-refractivity contribution in [2.45, 2.75) is 39.2 Å². The first-order valence-electron chi connectivity index (χ1n) is 6.79. The number of aromatic nitrogens is 3. The number of nitrogens with one attached hydrogen (secondary N) is 2. The van der Waals surface area contributed by atoms with Crippen LogP contribution in [-0.2, 0) is 10.2 Å². The summed E-state index contributed by atoms with van der Waals surface area (Å²) in [6.07, 6.45) is 0.697. The molecule has 0 bridgehead atoms. The molecule has 0 saturated heterocycles. The maximum atomic E-state index is 11.9. The van der Waals surface area contributed by atoms with E-state index in [4.69, 9.17) is 4.74 Å². The fourth-order valence-corrected chi connectivity index (χ4v) is 1.78. The maximum Gasteiger partial charge on any atom is 0.267 e. The summed E-state index contributed by atoms with van der Waals surface area (Å²) in [4.78, 5) is 15.7. The molecule has 0 saturated carbocycles. The van der Waals surface area contributed by atoms with Crippen LogP contribution in [-0.4, -0.2) is 27.2 Å². The molecule has 2 aromatic rings. The number of hydrogen-bond acceptors (Lipinski definition) is 4. The predicted molar refractivity (Wildman–Crippen MR) is 80.2 cm³/mol. The highest BCUT2D eigenvalue weighted by Crippen LogP contribution is 2.24. The Kier molecular flexibility index (Phi) is 4.26. The molecule has 1 aromatic carbocycles. The maximum absolute atomic E-state index is 11.9. The van der Waals surface area contributed by atoms with Gasteiger partial charge in [0.25, 0.3) is 5.91 Å². The van der Waals surface area contributed by atoms with Gasteiger partial charge in [-0.2, -0.15) is 10.1 Å². The Balaban J connectivity index is 1.96. The lowest BCUT2D eigenvalue weighted by atomic mass is 9.87. The minimum atomic E-state index is -0.629. The monoisotopic (exact) mass is 288 g/mol. The van der Waals surface area contributed by atoms with E-state index in [0.29, 0.717) is 11.7 Å². The van der Waals surface area contributed by atoms with Crippen LogP contribution in [0.5, 0.6) is 5.75 Å². The second kappa shape index (κ2) is 5.95. The van der Waals surface area contributed by atoms with Gasteiger partial charge in [-0.1, -0.05) is 32.9 Å². The van der Waals surface area contributed by atoms with E-state index in [2.05, 4.69) is 41.3 Å². The molecule has 0 radical (unpaired) electrons. The van der Waals surface area contributed by atoms with Gasteiger partial charge in [0.15, 0.2) is 6.10 Å². The summed E-state index contributed by atoms with van der Waals surface area (Å²) in [5, 5.41) is 8.81. The number of nitrogens with zero attached hydrogens (tertiary/aromatic N) is 2. The predicted octanol–water partition coefficient (Wildman–Crippen LogP) is 2.51. The molecule has 6 heteroatoms. The van der Waals surface area contributed by atoms with Crippen molar-refractivity contribution in [2.75, 3.05) is 5.32 Å². The Morgan fingerprint density at radius 1 is 1.29 bits per heavy atom. The van der Waals surface area contributed by atoms with Crippen molar-refractivity contribution in [3.05, 3.63) is 36.2 Å². The third-order valence-electron chi connectivity index (χ3n) is 3.06. The summed E-state index contributed by atoms with van der Waals surface area (Å²) in [5.74, 6) is 0.674. The van der Waals surface area contributed by atoms with Crippen molar-refractivity contribution in [3.63, 3.8) is 0 Å². The molecule has 2 rings (SSSR count). The second-order valence-electron chi connectivity index (χ2n) is 5.86. The van der Waals surface area contributed by atoms with Crippen LogP contribution in [0.15, 0.2) is 30.6 Å². The number of rotatable bonds is 4. The lowest BCUT2D eigenvalue weighted by Crippen LogP contribution is -2.30. The first-order chi connectivity index (χ1) is 9.86. The number of carbonyl (C=O) groups excluding carboxylic acids is 1. The minimum absolute atomic E-state index is 0.0911. The van der Waals surface area contributed by atoms with Crippen molar-refractivity contribution in [2.24, 2.45) is 0 Å². The van der Waals surface area contributed by atoms with Gasteiger partial charge in [-0.15, -0.1) is 0 Å². The number of anilines is 1. The van der Waals surface area contributed by atoms with Gasteiger partial charge in [-0.3, -0.25) is 10.1 Å². The minimum Gasteiger partial charge on any atom is -0.481 e. The Morgan fingerprint density at radius 2 is 1.95 bits per heavy atom. The van der Waals surface area contributed by atoms with Crippen LogP contribution in [0.25, 0.3) is 0 Å². The number of H-pyrrole nitrogens is 1. The van der Waals surface area contributed by atoms with Gasteiger partial charge in [0, 0.05) is 0 Å². The molecular weight excluding hydrogens is 268 g/mol. The van der Waals surface area contributed by atoms with Crippen LogP contribution >= 0.6 is 0 Å². The lowest BCUT2D eigenvalue weighted by molar-refractivity contribution is -0.122. The highest BCUT2D eigenvalue weighted by molar-refractivity contribution is 5.92. The van der Waals surface area contributed by atoms with E-state index in [-0.39, 0.29) is 11.3 Å². The largest absolute Gasteiger partial charge is 0.481 e. The lowest BCUT2D eigenvalue weighted by Gasteiger charge is -2.20. The molecule has 1 heterocycles. The standard InChI is InChI=1S/C15H20N4O2/c1-10(13(20)18-14-16-9-17-19-14)21-12-7-5-11(6-8-12)15(2,3)4/h5-10H,1-4H3,(H2,16,17,18,19,20)/t10-/m0/s1. The number of carbonyl (C=O) groups is 1. The van der Waals surface area contributed by atoms with Crippen LogP contribution in [0.3, 0.4) is 0 Å². The molecule has 2 N–H and O–H groups in total. The number of hydrogen-bond donors (Lipinski definition) is 2. The number of benzene rings is 1. The van der Waals surface area contributed by atoms with E-state index in [0.717, 1.165) is 0 Å². The van der Waals surface area contributed by atoms with Crippen molar-refractivity contribution in [3.8, 4) is 5.75 Å².